The summed E-state index contributed by atoms with van der Waals surface area (Å²) in [5, 5.41) is 5.41. The van der Waals surface area contributed by atoms with Crippen LogP contribution >= 0.6 is 11.6 Å². The van der Waals surface area contributed by atoms with E-state index in [4.69, 9.17) is 16.3 Å². The highest BCUT2D eigenvalue weighted by Crippen LogP contribution is 2.23. The summed E-state index contributed by atoms with van der Waals surface area (Å²) in [6, 6.07) is 5.82. The van der Waals surface area contributed by atoms with Crippen molar-refractivity contribution in [2.45, 2.75) is 30.5 Å². The van der Waals surface area contributed by atoms with Crippen LogP contribution in [0.2, 0.25) is 5.02 Å². The lowest BCUT2D eigenvalue weighted by Gasteiger charge is -2.34. The molecule has 1 fully saturated rings. The number of amides is 2. The predicted octanol–water partition coefficient (Wildman–Crippen LogP) is 0.596. The summed E-state index contributed by atoms with van der Waals surface area (Å²) in [5.74, 6) is -1.63. The summed E-state index contributed by atoms with van der Waals surface area (Å²) < 4.78 is 34.5. The smallest absolute Gasteiger partial charge is 0.309 e. The largest absolute Gasteiger partial charge is 0.360 e. The quantitative estimate of drug-likeness (QED) is 0.431. The normalized spacial score (nSPS) is 17.3. The van der Waals surface area contributed by atoms with E-state index in [0.29, 0.717) is 37.6 Å². The molecule has 0 spiro atoms. The summed E-state index contributed by atoms with van der Waals surface area (Å²) >= 11 is 5.84. The number of benzene rings is 1. The maximum Gasteiger partial charge on any atom is 0.309 e. The van der Waals surface area contributed by atoms with Gasteiger partial charge in [0.1, 0.15) is 6.23 Å². The van der Waals surface area contributed by atoms with Gasteiger partial charge in [-0.1, -0.05) is 11.6 Å². The molecule has 0 saturated carbocycles. The molecule has 2 heterocycles. The molecular formula is C19H24ClN5O5S. The van der Waals surface area contributed by atoms with Crippen molar-refractivity contribution in [3.05, 3.63) is 48.0 Å². The molecule has 1 saturated heterocycles. The molecule has 1 aromatic heterocycles. The molecule has 2 aromatic rings. The van der Waals surface area contributed by atoms with Crippen molar-refractivity contribution >= 4 is 33.4 Å². The molecule has 0 bridgehead atoms. The van der Waals surface area contributed by atoms with Gasteiger partial charge in [-0.05, 0) is 37.1 Å². The van der Waals surface area contributed by atoms with Crippen LogP contribution in [0.3, 0.4) is 0 Å². The number of halogens is 1. The molecular weight excluding hydrogens is 446 g/mol. The van der Waals surface area contributed by atoms with Crippen LogP contribution in [0.4, 0.5) is 0 Å². The van der Waals surface area contributed by atoms with E-state index < -0.39 is 28.1 Å². The first kappa shape index (κ1) is 23.2. The Bertz CT molecular complexity index is 982. The minimum atomic E-state index is -3.84. The number of aromatic nitrogens is 2. The number of hydrogen-bond donors (Lipinski definition) is 2. The van der Waals surface area contributed by atoms with E-state index >= 15 is 0 Å². The van der Waals surface area contributed by atoms with Gasteiger partial charge in [0, 0.05) is 37.1 Å². The van der Waals surface area contributed by atoms with Crippen LogP contribution in [0.25, 0.3) is 0 Å². The Morgan fingerprint density at radius 1 is 1.19 bits per heavy atom. The number of rotatable bonds is 8. The fourth-order valence-corrected chi connectivity index (χ4v) is 4.76. The van der Waals surface area contributed by atoms with E-state index in [1.54, 1.807) is 12.5 Å². The van der Waals surface area contributed by atoms with Crippen molar-refractivity contribution < 1.29 is 22.7 Å². The van der Waals surface area contributed by atoms with Gasteiger partial charge >= 0.3 is 11.8 Å². The van der Waals surface area contributed by atoms with Gasteiger partial charge in [0.25, 0.3) is 0 Å². The van der Waals surface area contributed by atoms with Crippen LogP contribution in [-0.4, -0.2) is 66.6 Å². The van der Waals surface area contributed by atoms with E-state index in [2.05, 4.69) is 15.6 Å². The van der Waals surface area contributed by atoms with E-state index in [1.807, 2.05) is 10.8 Å². The molecule has 1 aromatic carbocycles. The lowest BCUT2D eigenvalue weighted by Crippen LogP contribution is -2.53. The summed E-state index contributed by atoms with van der Waals surface area (Å²) in [7, 11) is -3.84. The summed E-state index contributed by atoms with van der Waals surface area (Å²) in [4.78, 5) is 28.1. The Kier molecular flexibility index (Phi) is 8.02. The van der Waals surface area contributed by atoms with Crippen molar-refractivity contribution in [3.63, 3.8) is 0 Å². The first-order valence-corrected chi connectivity index (χ1v) is 11.6. The zero-order valence-electron chi connectivity index (χ0n) is 16.7. The molecule has 168 valence electrons. The van der Waals surface area contributed by atoms with Crippen LogP contribution in [0.5, 0.6) is 0 Å². The van der Waals surface area contributed by atoms with Gasteiger partial charge in [0.2, 0.25) is 10.0 Å². The van der Waals surface area contributed by atoms with Crippen LogP contribution in [0.1, 0.15) is 12.8 Å². The second-order valence-corrected chi connectivity index (χ2v) is 9.20. The minimum Gasteiger partial charge on any atom is -0.360 e. The number of sulfonamides is 1. The first-order chi connectivity index (χ1) is 14.9. The maximum atomic E-state index is 13.0. The summed E-state index contributed by atoms with van der Waals surface area (Å²) in [6.07, 6.45) is 5.39. The fraction of sp³-hybridized carbons (Fsp3) is 0.421. The topological polar surface area (TPSA) is 123 Å². The predicted molar refractivity (Wildman–Crippen MR) is 113 cm³/mol. The summed E-state index contributed by atoms with van der Waals surface area (Å²) in [6.45, 7) is 1.43. The highest BCUT2D eigenvalue weighted by atomic mass is 35.5. The molecule has 0 aliphatic carbocycles. The number of nitrogens with one attached hydrogen (secondary N) is 2. The Balaban J connectivity index is 1.50. The van der Waals surface area contributed by atoms with E-state index in [9.17, 15) is 18.0 Å². The third kappa shape index (κ3) is 6.26. The molecule has 1 atom stereocenters. The summed E-state index contributed by atoms with van der Waals surface area (Å²) in [5.41, 5.74) is 0. The van der Waals surface area contributed by atoms with Crippen molar-refractivity contribution in [1.29, 1.82) is 0 Å². The van der Waals surface area contributed by atoms with Crippen LogP contribution in [0, 0.1) is 0 Å². The average Bonchev–Trinajstić information content (AvgIpc) is 3.29. The van der Waals surface area contributed by atoms with Crippen molar-refractivity contribution in [3.8, 4) is 0 Å². The van der Waals surface area contributed by atoms with Crippen molar-refractivity contribution in [2.75, 3.05) is 26.2 Å². The number of aryl methyl sites for hydroxylation is 1. The molecule has 31 heavy (non-hydrogen) atoms. The molecule has 12 heteroatoms. The molecule has 10 nitrogen and oxygen atoms in total. The van der Waals surface area contributed by atoms with Crippen LogP contribution in [-0.2, 0) is 30.9 Å². The number of nitrogens with zero attached hydrogens (tertiary/aromatic N) is 3. The Hall–Kier alpha value is -2.47. The highest BCUT2D eigenvalue weighted by Gasteiger charge is 2.34. The van der Waals surface area contributed by atoms with Gasteiger partial charge in [-0.25, -0.2) is 13.4 Å². The molecule has 0 unspecified atom stereocenters. The van der Waals surface area contributed by atoms with Gasteiger partial charge < -0.3 is 19.9 Å². The van der Waals surface area contributed by atoms with E-state index in [1.165, 1.54) is 28.6 Å². The minimum absolute atomic E-state index is 0.0781. The molecule has 1 aliphatic heterocycles. The van der Waals surface area contributed by atoms with E-state index in [-0.39, 0.29) is 18.0 Å². The number of hydrogen-bond acceptors (Lipinski definition) is 6. The SMILES string of the molecule is O=C(NCCCn1ccnc1)C(=O)NC[C@@H]1OCCCN1S(=O)(=O)c1ccc(Cl)cc1. The van der Waals surface area contributed by atoms with Crippen LogP contribution in [0.15, 0.2) is 47.9 Å². The third-order valence-corrected chi connectivity index (χ3v) is 6.81. The lowest BCUT2D eigenvalue weighted by atomic mass is 10.3. The van der Waals surface area contributed by atoms with Gasteiger partial charge in [0.05, 0.1) is 24.4 Å². The van der Waals surface area contributed by atoms with E-state index in [0.717, 1.165) is 0 Å². The number of ether oxygens (including phenoxy) is 1. The van der Waals surface area contributed by atoms with Crippen molar-refractivity contribution in [1.82, 2.24) is 24.5 Å². The Labute approximate surface area is 185 Å². The van der Waals surface area contributed by atoms with Gasteiger partial charge in [-0.2, -0.15) is 4.31 Å². The van der Waals surface area contributed by atoms with Gasteiger partial charge in [-0.3, -0.25) is 9.59 Å². The average molecular weight is 470 g/mol. The lowest BCUT2D eigenvalue weighted by molar-refractivity contribution is -0.140. The highest BCUT2D eigenvalue weighted by molar-refractivity contribution is 7.89. The van der Waals surface area contributed by atoms with Crippen molar-refractivity contribution in [2.24, 2.45) is 0 Å². The second kappa shape index (κ2) is 10.7. The Morgan fingerprint density at radius 2 is 1.94 bits per heavy atom. The molecule has 0 radical (unpaired) electrons. The number of carbonyl (C=O) groups is 2. The standard InChI is InChI=1S/C19H24ClN5O5S/c20-15-3-5-16(6-4-15)31(28,29)25-10-2-12-30-17(25)13-23-19(27)18(26)22-7-1-9-24-11-8-21-14-24/h3-6,8,11,14,17H,1-2,7,9-10,12-13H2,(H,22,26)(H,23,27)/t17-/m0/s1. The van der Waals surface area contributed by atoms with Crippen LogP contribution < -0.4 is 10.6 Å². The molecule has 2 N–H and O–H groups in total. The maximum absolute atomic E-state index is 13.0. The first-order valence-electron chi connectivity index (χ1n) is 9.79. The van der Waals surface area contributed by atoms with Gasteiger partial charge in [0.15, 0.2) is 0 Å². The number of imidazole rings is 1. The zero-order chi connectivity index (χ0) is 22.3. The molecule has 2 amide bonds. The third-order valence-electron chi connectivity index (χ3n) is 4.66. The zero-order valence-corrected chi connectivity index (χ0v) is 18.3. The monoisotopic (exact) mass is 469 g/mol. The molecule has 1 aliphatic rings. The second-order valence-electron chi connectivity index (χ2n) is 6.87. The fourth-order valence-electron chi connectivity index (χ4n) is 3.07. The van der Waals surface area contributed by atoms with Gasteiger partial charge in [-0.15, -0.1) is 0 Å². The Morgan fingerprint density at radius 3 is 2.65 bits per heavy atom. The number of carbonyl (C=O) groups excluding carboxylic acids is 2. The molecule has 3 rings (SSSR count).